The van der Waals surface area contributed by atoms with Crippen LogP contribution in [0.2, 0.25) is 0 Å². The summed E-state index contributed by atoms with van der Waals surface area (Å²) in [7, 11) is 0. The molecule has 0 spiro atoms. The first-order valence-electron chi connectivity index (χ1n) is 14.9. The lowest BCUT2D eigenvalue weighted by Crippen LogP contribution is -2.62. The number of amides is 3. The van der Waals surface area contributed by atoms with Crippen LogP contribution in [0.5, 0.6) is 0 Å². The lowest BCUT2D eigenvalue weighted by Gasteiger charge is -2.50. The summed E-state index contributed by atoms with van der Waals surface area (Å²) in [6.45, 7) is 8.46. The van der Waals surface area contributed by atoms with Gasteiger partial charge in [0.15, 0.2) is 0 Å². The van der Waals surface area contributed by atoms with Gasteiger partial charge in [-0.15, -0.1) is 0 Å². The molecule has 3 aliphatic heterocycles. The van der Waals surface area contributed by atoms with Crippen LogP contribution in [-0.2, 0) is 19.9 Å². The molecule has 3 saturated heterocycles. The Morgan fingerprint density at radius 1 is 1.15 bits per heavy atom. The zero-order valence-corrected chi connectivity index (χ0v) is 24.6. The summed E-state index contributed by atoms with van der Waals surface area (Å²) in [4.78, 5) is 46.2. The summed E-state index contributed by atoms with van der Waals surface area (Å²) in [6.07, 6.45) is 5.36. The van der Waals surface area contributed by atoms with Crippen LogP contribution in [0.1, 0.15) is 78.2 Å². The molecule has 1 aromatic carbocycles. The van der Waals surface area contributed by atoms with Crippen molar-refractivity contribution in [3.63, 3.8) is 0 Å². The van der Waals surface area contributed by atoms with Gasteiger partial charge in [-0.25, -0.2) is 9.18 Å². The Morgan fingerprint density at radius 2 is 1.83 bits per heavy atom. The first-order chi connectivity index (χ1) is 19.4. The van der Waals surface area contributed by atoms with E-state index in [1.54, 1.807) is 25.7 Å². The molecule has 10 heteroatoms. The van der Waals surface area contributed by atoms with Crippen molar-refractivity contribution >= 4 is 17.9 Å². The van der Waals surface area contributed by atoms with Gasteiger partial charge in [-0.3, -0.25) is 14.5 Å². The van der Waals surface area contributed by atoms with E-state index in [0.717, 1.165) is 37.7 Å². The van der Waals surface area contributed by atoms with E-state index in [-0.39, 0.29) is 36.1 Å². The van der Waals surface area contributed by atoms with Crippen molar-refractivity contribution in [2.75, 3.05) is 19.6 Å². The number of benzene rings is 1. The molecule has 0 radical (unpaired) electrons. The summed E-state index contributed by atoms with van der Waals surface area (Å²) in [5.41, 5.74) is -0.215. The van der Waals surface area contributed by atoms with Gasteiger partial charge in [0.1, 0.15) is 23.5 Å². The van der Waals surface area contributed by atoms with E-state index in [0.29, 0.717) is 25.9 Å². The van der Waals surface area contributed by atoms with Crippen LogP contribution in [0.4, 0.5) is 9.18 Å². The Balaban J connectivity index is 1.36. The number of nitrogens with zero attached hydrogens (tertiary/aromatic N) is 4. The predicted octanol–water partition coefficient (Wildman–Crippen LogP) is 3.92. The lowest BCUT2D eigenvalue weighted by molar-refractivity contribution is -0.147. The summed E-state index contributed by atoms with van der Waals surface area (Å²) >= 11 is 0. The molecule has 5 atom stereocenters. The molecule has 4 fully saturated rings. The number of ether oxygens (including phenoxy) is 1. The highest BCUT2D eigenvalue weighted by molar-refractivity contribution is 5.88. The lowest BCUT2D eigenvalue weighted by atomic mass is 9.74. The van der Waals surface area contributed by atoms with Crippen molar-refractivity contribution in [2.24, 2.45) is 5.92 Å². The average molecular weight is 568 g/mol. The van der Waals surface area contributed by atoms with E-state index in [1.165, 1.54) is 12.1 Å². The van der Waals surface area contributed by atoms with E-state index < -0.39 is 35.4 Å². The summed E-state index contributed by atoms with van der Waals surface area (Å²) in [5, 5.41) is 12.4. The topological polar surface area (TPSA) is 106 Å². The molecule has 222 valence electrons. The smallest absolute Gasteiger partial charge is 0.408 e. The van der Waals surface area contributed by atoms with Crippen LogP contribution in [-0.4, -0.2) is 82.0 Å². The molecule has 3 amide bonds. The third kappa shape index (κ3) is 5.78. The second kappa shape index (κ2) is 11.2. The van der Waals surface area contributed by atoms with Crippen molar-refractivity contribution in [3.05, 3.63) is 35.6 Å². The third-order valence-corrected chi connectivity index (χ3v) is 9.14. The van der Waals surface area contributed by atoms with E-state index in [2.05, 4.69) is 16.3 Å². The van der Waals surface area contributed by atoms with Gasteiger partial charge >= 0.3 is 6.09 Å². The Labute approximate surface area is 242 Å². The molecule has 1 N–H and O–H groups in total. The zero-order chi connectivity index (χ0) is 29.5. The van der Waals surface area contributed by atoms with E-state index in [4.69, 9.17) is 4.74 Å². The van der Waals surface area contributed by atoms with Gasteiger partial charge in [-0.2, -0.15) is 5.26 Å². The Kier molecular flexibility index (Phi) is 8.03. The van der Waals surface area contributed by atoms with Crippen molar-refractivity contribution in [3.8, 4) is 6.07 Å². The Hall–Kier alpha value is -3.19. The number of alkyl carbamates (subject to hydrolysis) is 1. The number of hydrogen-bond acceptors (Lipinski definition) is 6. The quantitative estimate of drug-likeness (QED) is 0.559. The van der Waals surface area contributed by atoms with E-state index in [1.807, 2.05) is 24.0 Å². The van der Waals surface area contributed by atoms with Gasteiger partial charge in [0, 0.05) is 25.7 Å². The molecule has 4 unspecified atom stereocenters. The number of halogens is 1. The van der Waals surface area contributed by atoms with E-state index >= 15 is 0 Å². The van der Waals surface area contributed by atoms with Crippen LogP contribution < -0.4 is 5.32 Å². The molecule has 1 saturated carbocycles. The molecule has 1 aliphatic carbocycles. The predicted molar refractivity (Wildman–Crippen MR) is 150 cm³/mol. The normalized spacial score (nSPS) is 28.4. The molecule has 2 bridgehead atoms. The molecule has 4 aliphatic rings. The standard InChI is InChI=1S/C31H42FN5O4/c1-20-14-23(16-33)36(17-20)27(38)25(34-29(40)41-30(2,3)4)19-35-18-24-15-26(35)28(39)37(24)31(12-6-5-7-13-31)21-8-10-22(32)11-9-21/h8-11,20,23-26H,5-7,12-15,17-19H2,1-4H3,(H,34,40)/t20?,23?,24-,25?,26?/m0/s1. The number of fused-ring (bicyclic) bond motifs is 2. The number of carbonyl (C=O) groups is 3. The highest BCUT2D eigenvalue weighted by atomic mass is 19.1. The fourth-order valence-electron chi connectivity index (χ4n) is 7.47. The molecule has 5 rings (SSSR count). The second-order valence-electron chi connectivity index (χ2n) is 13.3. The zero-order valence-electron chi connectivity index (χ0n) is 24.6. The van der Waals surface area contributed by atoms with Crippen molar-refractivity contribution in [2.45, 2.75) is 108 Å². The molecule has 1 aromatic rings. The first kappa shape index (κ1) is 29.3. The van der Waals surface area contributed by atoms with Crippen LogP contribution in [0, 0.1) is 23.1 Å². The maximum atomic E-state index is 14.0. The summed E-state index contributed by atoms with van der Waals surface area (Å²) < 4.78 is 19.3. The van der Waals surface area contributed by atoms with E-state index in [9.17, 15) is 24.0 Å². The SMILES string of the molecule is CC1CC(C#N)N(C(=O)C(CN2C[C@@H]3CC2C(=O)N3C2(c3ccc(F)cc3)CCCCC2)NC(=O)OC(C)(C)C)C1. The van der Waals surface area contributed by atoms with Gasteiger partial charge in [0.25, 0.3) is 0 Å². The van der Waals surface area contributed by atoms with Gasteiger partial charge in [0.05, 0.1) is 17.6 Å². The number of rotatable bonds is 6. The number of nitrogens with one attached hydrogen (secondary N) is 1. The molecular formula is C31H42FN5O4. The average Bonchev–Trinajstić information content (AvgIpc) is 3.59. The van der Waals surface area contributed by atoms with Gasteiger partial charge in [0.2, 0.25) is 11.8 Å². The Morgan fingerprint density at radius 3 is 2.44 bits per heavy atom. The fraction of sp³-hybridized carbons (Fsp3) is 0.677. The number of carbonyl (C=O) groups excluding carboxylic acids is 3. The minimum atomic E-state index is -0.952. The largest absolute Gasteiger partial charge is 0.444 e. The number of likely N-dealkylation sites (tertiary alicyclic amines) is 3. The van der Waals surface area contributed by atoms with Gasteiger partial charge in [-0.05, 0) is 70.1 Å². The number of nitriles is 1. The molecule has 3 heterocycles. The maximum Gasteiger partial charge on any atom is 0.408 e. The molecule has 41 heavy (non-hydrogen) atoms. The third-order valence-electron chi connectivity index (χ3n) is 9.14. The Bertz CT molecular complexity index is 1200. The molecular weight excluding hydrogens is 525 g/mol. The van der Waals surface area contributed by atoms with Gasteiger partial charge < -0.3 is 19.9 Å². The fourth-order valence-corrected chi connectivity index (χ4v) is 7.47. The monoisotopic (exact) mass is 567 g/mol. The maximum absolute atomic E-state index is 14.0. The second-order valence-corrected chi connectivity index (χ2v) is 13.3. The number of piperazine rings is 1. The van der Waals surface area contributed by atoms with Crippen molar-refractivity contribution < 1.29 is 23.5 Å². The van der Waals surface area contributed by atoms with Crippen LogP contribution >= 0.6 is 0 Å². The van der Waals surface area contributed by atoms with Crippen LogP contribution in [0.25, 0.3) is 0 Å². The van der Waals surface area contributed by atoms with Gasteiger partial charge in [-0.1, -0.05) is 38.3 Å². The molecule has 9 nitrogen and oxygen atoms in total. The first-order valence-corrected chi connectivity index (χ1v) is 14.9. The highest BCUT2D eigenvalue weighted by Crippen LogP contribution is 2.48. The van der Waals surface area contributed by atoms with Crippen molar-refractivity contribution in [1.29, 1.82) is 5.26 Å². The molecule has 0 aromatic heterocycles. The summed E-state index contributed by atoms with van der Waals surface area (Å²) in [6, 6.07) is 6.88. The number of hydrogen-bond donors (Lipinski definition) is 1. The van der Waals surface area contributed by atoms with Crippen LogP contribution in [0.3, 0.4) is 0 Å². The minimum absolute atomic E-state index is 0.0284. The highest BCUT2D eigenvalue weighted by Gasteiger charge is 2.57. The summed E-state index contributed by atoms with van der Waals surface area (Å²) in [5.74, 6) is -0.407. The van der Waals surface area contributed by atoms with Crippen LogP contribution in [0.15, 0.2) is 24.3 Å². The van der Waals surface area contributed by atoms with Crippen molar-refractivity contribution in [1.82, 2.24) is 20.0 Å². The minimum Gasteiger partial charge on any atom is -0.444 e.